The third-order valence-corrected chi connectivity index (χ3v) is 3.77. The maximum absolute atomic E-state index is 12.1. The first-order chi connectivity index (χ1) is 9.56. The van der Waals surface area contributed by atoms with Gasteiger partial charge in [0.1, 0.15) is 5.82 Å². The summed E-state index contributed by atoms with van der Waals surface area (Å²) in [4.78, 5) is 16.7. The van der Waals surface area contributed by atoms with Crippen LogP contribution in [0, 0.1) is 6.92 Å². The SMILES string of the molecule is Cc1nc2cc(C(=O)CNC(C)C)ccc2n1C1CC1. The molecule has 0 saturated heterocycles. The summed E-state index contributed by atoms with van der Waals surface area (Å²) in [6, 6.07) is 6.82. The van der Waals surface area contributed by atoms with Crippen LogP contribution in [0.1, 0.15) is 48.9 Å². The van der Waals surface area contributed by atoms with E-state index in [0.717, 1.165) is 22.4 Å². The van der Waals surface area contributed by atoms with Crippen molar-refractivity contribution in [3.05, 3.63) is 29.6 Å². The van der Waals surface area contributed by atoms with E-state index in [4.69, 9.17) is 0 Å². The number of nitrogens with one attached hydrogen (secondary N) is 1. The third kappa shape index (κ3) is 2.48. The number of imidazole rings is 1. The number of benzene rings is 1. The van der Waals surface area contributed by atoms with Crippen molar-refractivity contribution in [2.24, 2.45) is 0 Å². The van der Waals surface area contributed by atoms with Gasteiger partial charge >= 0.3 is 0 Å². The Labute approximate surface area is 119 Å². The number of Topliss-reactive ketones (excluding diaryl/α,β-unsaturated/α-hetero) is 1. The maximum atomic E-state index is 12.1. The van der Waals surface area contributed by atoms with E-state index < -0.39 is 0 Å². The number of nitrogens with zero attached hydrogens (tertiary/aromatic N) is 2. The quantitative estimate of drug-likeness (QED) is 0.851. The number of rotatable bonds is 5. The largest absolute Gasteiger partial charge is 0.325 e. The van der Waals surface area contributed by atoms with Crippen LogP contribution < -0.4 is 5.32 Å². The Morgan fingerprint density at radius 3 is 2.85 bits per heavy atom. The van der Waals surface area contributed by atoms with E-state index in [1.807, 2.05) is 39.0 Å². The molecule has 1 heterocycles. The van der Waals surface area contributed by atoms with Crippen LogP contribution in [0.5, 0.6) is 0 Å². The number of hydrogen-bond donors (Lipinski definition) is 1. The summed E-state index contributed by atoms with van der Waals surface area (Å²) in [6.45, 7) is 6.50. The number of aryl methyl sites for hydroxylation is 1. The molecule has 1 saturated carbocycles. The van der Waals surface area contributed by atoms with Gasteiger partial charge < -0.3 is 9.88 Å². The average molecular weight is 271 g/mol. The molecule has 1 fully saturated rings. The molecule has 3 rings (SSSR count). The van der Waals surface area contributed by atoms with Gasteiger partial charge in [-0.2, -0.15) is 0 Å². The Morgan fingerprint density at radius 1 is 1.45 bits per heavy atom. The molecule has 1 aliphatic rings. The van der Waals surface area contributed by atoms with Gasteiger partial charge in [-0.3, -0.25) is 4.79 Å². The summed E-state index contributed by atoms with van der Waals surface area (Å²) in [7, 11) is 0. The van der Waals surface area contributed by atoms with Crippen LogP contribution in [0.25, 0.3) is 11.0 Å². The minimum Gasteiger partial charge on any atom is -0.325 e. The summed E-state index contributed by atoms with van der Waals surface area (Å²) in [6.07, 6.45) is 2.48. The fourth-order valence-corrected chi connectivity index (χ4v) is 2.59. The lowest BCUT2D eigenvalue weighted by Crippen LogP contribution is -2.29. The zero-order valence-electron chi connectivity index (χ0n) is 12.3. The van der Waals surface area contributed by atoms with Gasteiger partial charge in [0.2, 0.25) is 0 Å². The highest BCUT2D eigenvalue weighted by molar-refractivity contribution is 6.00. The smallest absolute Gasteiger partial charge is 0.176 e. The van der Waals surface area contributed by atoms with Crippen molar-refractivity contribution in [3.63, 3.8) is 0 Å². The number of carbonyl (C=O) groups excluding carboxylic acids is 1. The molecule has 1 aliphatic carbocycles. The first-order valence-corrected chi connectivity index (χ1v) is 7.31. The molecule has 4 heteroatoms. The van der Waals surface area contributed by atoms with Gasteiger partial charge in [-0.15, -0.1) is 0 Å². The molecule has 1 N–H and O–H groups in total. The molecule has 106 valence electrons. The van der Waals surface area contributed by atoms with Gasteiger partial charge in [0.15, 0.2) is 5.78 Å². The number of aromatic nitrogens is 2. The van der Waals surface area contributed by atoms with Gasteiger partial charge in [0.25, 0.3) is 0 Å². The second kappa shape index (κ2) is 5.02. The molecule has 20 heavy (non-hydrogen) atoms. The standard InChI is InChI=1S/C16H21N3O/c1-10(2)17-9-16(20)12-4-7-15-14(8-12)18-11(3)19(15)13-5-6-13/h4,7-8,10,13,17H,5-6,9H2,1-3H3. The van der Waals surface area contributed by atoms with E-state index in [1.165, 1.54) is 12.8 Å². The predicted molar refractivity (Wildman–Crippen MR) is 80.2 cm³/mol. The summed E-state index contributed by atoms with van der Waals surface area (Å²) in [5.74, 6) is 1.17. The van der Waals surface area contributed by atoms with Crippen molar-refractivity contribution in [1.29, 1.82) is 0 Å². The fourth-order valence-electron chi connectivity index (χ4n) is 2.59. The maximum Gasteiger partial charge on any atom is 0.176 e. The number of ketones is 1. The molecule has 0 atom stereocenters. The Morgan fingerprint density at radius 2 is 2.20 bits per heavy atom. The fraction of sp³-hybridized carbons (Fsp3) is 0.500. The van der Waals surface area contributed by atoms with Crippen LogP contribution in [0.3, 0.4) is 0 Å². The van der Waals surface area contributed by atoms with Crippen molar-refractivity contribution in [1.82, 2.24) is 14.9 Å². The Hall–Kier alpha value is -1.68. The Kier molecular flexibility index (Phi) is 3.34. The molecule has 1 aromatic heterocycles. The molecule has 0 radical (unpaired) electrons. The molecule has 4 nitrogen and oxygen atoms in total. The Balaban J connectivity index is 1.89. The Bertz CT molecular complexity index is 653. The number of hydrogen-bond acceptors (Lipinski definition) is 3. The van der Waals surface area contributed by atoms with Gasteiger partial charge in [0.05, 0.1) is 17.6 Å². The summed E-state index contributed by atoms with van der Waals surface area (Å²) < 4.78 is 2.30. The molecule has 1 aromatic carbocycles. The molecular formula is C16H21N3O. The zero-order valence-corrected chi connectivity index (χ0v) is 12.3. The van der Waals surface area contributed by atoms with Gasteiger partial charge in [-0.1, -0.05) is 13.8 Å². The highest BCUT2D eigenvalue weighted by atomic mass is 16.1. The zero-order chi connectivity index (χ0) is 14.3. The van der Waals surface area contributed by atoms with E-state index in [9.17, 15) is 4.79 Å². The molecule has 0 bridgehead atoms. The van der Waals surface area contributed by atoms with Crippen LogP contribution in [-0.4, -0.2) is 27.9 Å². The van der Waals surface area contributed by atoms with E-state index in [0.29, 0.717) is 18.6 Å². The monoisotopic (exact) mass is 271 g/mol. The van der Waals surface area contributed by atoms with Gasteiger partial charge in [-0.05, 0) is 38.0 Å². The van der Waals surface area contributed by atoms with Gasteiger partial charge in [0, 0.05) is 17.6 Å². The first kappa shape index (κ1) is 13.3. The second-order valence-corrected chi connectivity index (χ2v) is 5.92. The van der Waals surface area contributed by atoms with Crippen LogP contribution in [-0.2, 0) is 0 Å². The van der Waals surface area contributed by atoms with Crippen molar-refractivity contribution in [3.8, 4) is 0 Å². The van der Waals surface area contributed by atoms with Crippen molar-refractivity contribution >= 4 is 16.8 Å². The minimum atomic E-state index is 0.124. The first-order valence-electron chi connectivity index (χ1n) is 7.31. The molecular weight excluding hydrogens is 250 g/mol. The molecule has 0 aliphatic heterocycles. The van der Waals surface area contributed by atoms with Gasteiger partial charge in [-0.25, -0.2) is 4.98 Å². The van der Waals surface area contributed by atoms with Crippen LogP contribution in [0.15, 0.2) is 18.2 Å². The normalized spacial score (nSPS) is 15.2. The van der Waals surface area contributed by atoms with Crippen molar-refractivity contribution in [2.45, 2.75) is 45.7 Å². The number of carbonyl (C=O) groups is 1. The van der Waals surface area contributed by atoms with E-state index in [-0.39, 0.29) is 5.78 Å². The van der Waals surface area contributed by atoms with E-state index in [1.54, 1.807) is 0 Å². The lowest BCUT2D eigenvalue weighted by atomic mass is 10.1. The van der Waals surface area contributed by atoms with E-state index >= 15 is 0 Å². The molecule has 0 spiro atoms. The summed E-state index contributed by atoms with van der Waals surface area (Å²) >= 11 is 0. The average Bonchev–Trinajstić information content (AvgIpc) is 3.17. The topological polar surface area (TPSA) is 46.9 Å². The molecule has 2 aromatic rings. The minimum absolute atomic E-state index is 0.124. The third-order valence-electron chi connectivity index (χ3n) is 3.77. The van der Waals surface area contributed by atoms with E-state index in [2.05, 4.69) is 14.9 Å². The lowest BCUT2D eigenvalue weighted by Gasteiger charge is -2.07. The van der Waals surface area contributed by atoms with Crippen LogP contribution in [0.4, 0.5) is 0 Å². The highest BCUT2D eigenvalue weighted by Crippen LogP contribution is 2.38. The van der Waals surface area contributed by atoms with Crippen LogP contribution >= 0.6 is 0 Å². The molecule has 0 unspecified atom stereocenters. The second-order valence-electron chi connectivity index (χ2n) is 5.92. The summed E-state index contributed by atoms with van der Waals surface area (Å²) in [5, 5.41) is 3.16. The lowest BCUT2D eigenvalue weighted by molar-refractivity contribution is 0.0988. The number of fused-ring (bicyclic) bond motifs is 1. The van der Waals surface area contributed by atoms with Crippen LogP contribution in [0.2, 0.25) is 0 Å². The summed E-state index contributed by atoms with van der Waals surface area (Å²) in [5.41, 5.74) is 2.83. The highest BCUT2D eigenvalue weighted by Gasteiger charge is 2.27. The van der Waals surface area contributed by atoms with Crippen molar-refractivity contribution in [2.75, 3.05) is 6.54 Å². The predicted octanol–water partition coefficient (Wildman–Crippen LogP) is 2.86. The molecule has 0 amide bonds. The van der Waals surface area contributed by atoms with Crippen molar-refractivity contribution < 1.29 is 4.79 Å².